The Bertz CT molecular complexity index is 852. The van der Waals surface area contributed by atoms with Crippen molar-refractivity contribution >= 4 is 28.4 Å². The van der Waals surface area contributed by atoms with Gasteiger partial charge in [0.2, 0.25) is 0 Å². The van der Waals surface area contributed by atoms with Crippen LogP contribution in [-0.4, -0.2) is 39.7 Å². The van der Waals surface area contributed by atoms with E-state index in [1.807, 2.05) is 57.2 Å². The Balaban J connectivity index is 1.61. The average Bonchev–Trinajstić information content (AvgIpc) is 2.88. The van der Waals surface area contributed by atoms with Crippen molar-refractivity contribution in [2.24, 2.45) is 0 Å². The molecule has 1 amide bonds. The van der Waals surface area contributed by atoms with Gasteiger partial charge in [-0.25, -0.2) is 4.79 Å². The Labute approximate surface area is 177 Å². The highest BCUT2D eigenvalue weighted by atomic mass is 32.3. The van der Waals surface area contributed by atoms with E-state index in [1.54, 1.807) is 23.9 Å². The first kappa shape index (κ1) is 21.8. The van der Waals surface area contributed by atoms with Crippen molar-refractivity contribution < 1.29 is 23.4 Å². The molecule has 1 unspecified atom stereocenters. The van der Waals surface area contributed by atoms with Crippen LogP contribution in [0.5, 0.6) is 5.75 Å². The van der Waals surface area contributed by atoms with E-state index in [1.165, 1.54) is 0 Å². The van der Waals surface area contributed by atoms with Gasteiger partial charge < -0.3 is 14.8 Å². The Morgan fingerprint density at radius 3 is 2.62 bits per heavy atom. The molecule has 6 nitrogen and oxygen atoms in total. The highest BCUT2D eigenvalue weighted by Gasteiger charge is 2.36. The fourth-order valence-corrected chi connectivity index (χ4v) is 6.48. The van der Waals surface area contributed by atoms with Crippen LogP contribution in [0, 0.1) is 0 Å². The minimum atomic E-state index is -2.80. The van der Waals surface area contributed by atoms with Crippen LogP contribution in [-0.2, 0) is 4.74 Å². The molecule has 1 heterocycles. The summed E-state index contributed by atoms with van der Waals surface area (Å²) in [6.07, 6.45) is -0.483. The van der Waals surface area contributed by atoms with Crippen LogP contribution in [0.3, 0.4) is 0 Å². The molecular weight excluding hydrogens is 410 g/mol. The maximum Gasteiger partial charge on any atom is 0.407 e. The number of rotatable bonds is 6. The van der Waals surface area contributed by atoms with Crippen molar-refractivity contribution in [3.8, 4) is 5.75 Å². The van der Waals surface area contributed by atoms with E-state index >= 15 is 0 Å². The van der Waals surface area contributed by atoms with Crippen LogP contribution in [0.25, 0.3) is 0 Å². The number of carbonyl (C=O) groups is 1. The van der Waals surface area contributed by atoms with Gasteiger partial charge in [0.05, 0.1) is 22.4 Å². The summed E-state index contributed by atoms with van der Waals surface area (Å²) in [6.45, 7) is 6.01. The van der Waals surface area contributed by atoms with Gasteiger partial charge in [-0.3, -0.25) is 9.11 Å². The van der Waals surface area contributed by atoms with Gasteiger partial charge in [-0.2, -0.15) is 10.6 Å². The van der Waals surface area contributed by atoms with E-state index in [0.717, 1.165) is 10.5 Å². The molecule has 29 heavy (non-hydrogen) atoms. The highest BCUT2D eigenvalue weighted by molar-refractivity contribution is 8.25. The summed E-state index contributed by atoms with van der Waals surface area (Å²) in [4.78, 5) is 13.3. The fourth-order valence-electron chi connectivity index (χ4n) is 2.95. The molecule has 0 aromatic heterocycles. The lowest BCUT2D eigenvalue weighted by Gasteiger charge is -2.27. The monoisotopic (exact) mass is 437 g/mol. The molecule has 0 spiro atoms. The van der Waals surface area contributed by atoms with E-state index in [4.69, 9.17) is 9.47 Å². The molecule has 2 aromatic carbocycles. The maximum absolute atomic E-state index is 11.7. The zero-order chi connectivity index (χ0) is 21.1. The molecule has 1 atom stereocenters. The van der Waals surface area contributed by atoms with E-state index in [-0.39, 0.29) is 11.9 Å². The quantitative estimate of drug-likeness (QED) is 0.514. The summed E-state index contributed by atoms with van der Waals surface area (Å²) in [7, 11) is -2.80. The predicted octanol–water partition coefficient (Wildman–Crippen LogP) is 5.55. The Morgan fingerprint density at radius 2 is 1.93 bits per heavy atom. The number of thioether (sulfide) groups is 1. The van der Waals surface area contributed by atoms with Gasteiger partial charge in [-0.1, -0.05) is 18.2 Å². The lowest BCUT2D eigenvalue weighted by atomic mass is 10.1. The summed E-state index contributed by atoms with van der Waals surface area (Å²) in [5, 5.41) is 2.60. The third-order valence-corrected chi connectivity index (χ3v) is 7.46. The van der Waals surface area contributed by atoms with Gasteiger partial charge in [0.25, 0.3) is 0 Å². The van der Waals surface area contributed by atoms with Crippen LogP contribution in [0.4, 0.5) is 4.79 Å². The topological polar surface area (TPSA) is 88.0 Å². The second-order valence-corrected chi connectivity index (χ2v) is 11.1. The first-order valence-corrected chi connectivity index (χ1v) is 11.9. The van der Waals surface area contributed by atoms with Crippen molar-refractivity contribution in [2.45, 2.75) is 41.4 Å². The van der Waals surface area contributed by atoms with Crippen molar-refractivity contribution in [1.29, 1.82) is 0 Å². The van der Waals surface area contributed by atoms with E-state index in [0.29, 0.717) is 22.9 Å². The summed E-state index contributed by atoms with van der Waals surface area (Å²) >= 11 is 1.61. The van der Waals surface area contributed by atoms with Crippen LogP contribution >= 0.6 is 22.4 Å². The molecule has 0 radical (unpaired) electrons. The summed E-state index contributed by atoms with van der Waals surface area (Å²) < 4.78 is 31.9. The minimum absolute atomic E-state index is 0.0548. The van der Waals surface area contributed by atoms with Gasteiger partial charge in [0.1, 0.15) is 18.0 Å². The highest BCUT2D eigenvalue weighted by Crippen LogP contribution is 2.63. The van der Waals surface area contributed by atoms with Crippen molar-refractivity contribution in [1.82, 2.24) is 5.32 Å². The zero-order valence-electron chi connectivity index (χ0n) is 16.8. The smallest absolute Gasteiger partial charge is 0.407 e. The normalized spacial score (nSPS) is 18.6. The zero-order valence-corrected chi connectivity index (χ0v) is 18.4. The molecule has 0 aliphatic carbocycles. The molecule has 1 aliphatic heterocycles. The average molecular weight is 438 g/mol. The van der Waals surface area contributed by atoms with Crippen molar-refractivity contribution in [3.05, 3.63) is 54.1 Å². The molecule has 3 N–H and O–H groups in total. The number of amides is 1. The summed E-state index contributed by atoms with van der Waals surface area (Å²) in [5.74, 6) is 0.927. The number of hydrogen-bond donors (Lipinski definition) is 3. The fraction of sp³-hybridized carbons (Fsp3) is 0.381. The Morgan fingerprint density at radius 1 is 1.21 bits per heavy atom. The van der Waals surface area contributed by atoms with E-state index in [2.05, 4.69) is 5.32 Å². The second kappa shape index (κ2) is 8.87. The van der Waals surface area contributed by atoms with Gasteiger partial charge >= 0.3 is 6.09 Å². The number of benzene rings is 2. The molecule has 0 saturated heterocycles. The number of fused-ring (bicyclic) bond motifs is 1. The Kier molecular flexibility index (Phi) is 6.68. The van der Waals surface area contributed by atoms with Crippen molar-refractivity contribution in [2.75, 3.05) is 18.9 Å². The molecule has 8 heteroatoms. The number of ether oxygens (including phenoxy) is 2. The largest absolute Gasteiger partial charge is 0.492 e. The number of nitrogens with one attached hydrogen (secondary N) is 1. The van der Waals surface area contributed by atoms with Crippen LogP contribution in [0.15, 0.2) is 58.3 Å². The van der Waals surface area contributed by atoms with Crippen LogP contribution < -0.4 is 10.1 Å². The standard InChI is InChI=1S/C21H27NO5S2/c1-21(2,3)27-20(23)22-11-12-26-15-9-10-19-17(13-15)18(14-29(19,24)25)28-16-7-5-4-6-8-16/h4-10,13,18,24-25H,11-12,14H2,1-3H3,(H,22,23). The predicted molar refractivity (Wildman–Crippen MR) is 117 cm³/mol. The number of hydrogen-bond acceptors (Lipinski definition) is 6. The molecule has 0 saturated carbocycles. The summed E-state index contributed by atoms with van der Waals surface area (Å²) in [6, 6.07) is 15.2. The first-order valence-electron chi connectivity index (χ1n) is 9.35. The number of carbonyl (C=O) groups excluding carboxylic acids is 1. The molecule has 158 valence electrons. The van der Waals surface area contributed by atoms with Crippen LogP contribution in [0.1, 0.15) is 31.6 Å². The van der Waals surface area contributed by atoms with Gasteiger partial charge in [0, 0.05) is 4.90 Å². The van der Waals surface area contributed by atoms with E-state index in [9.17, 15) is 13.9 Å². The van der Waals surface area contributed by atoms with Crippen LogP contribution in [0.2, 0.25) is 0 Å². The van der Waals surface area contributed by atoms with E-state index < -0.39 is 22.3 Å². The van der Waals surface area contributed by atoms with Gasteiger partial charge in [0.15, 0.2) is 0 Å². The molecule has 0 fully saturated rings. The third-order valence-electron chi connectivity index (χ3n) is 4.12. The molecule has 1 aliphatic rings. The minimum Gasteiger partial charge on any atom is -0.492 e. The SMILES string of the molecule is CC(C)(C)OC(=O)NCCOc1ccc2c(c1)C(Sc1ccccc1)CS2(O)O. The second-order valence-electron chi connectivity index (χ2n) is 7.73. The Hall–Kier alpha value is -1.87. The molecular formula is C21H27NO5S2. The number of alkyl carbamates (subject to hydrolysis) is 1. The lowest BCUT2D eigenvalue weighted by Crippen LogP contribution is -2.34. The third kappa shape index (κ3) is 6.05. The molecule has 3 rings (SSSR count). The van der Waals surface area contributed by atoms with Gasteiger partial charge in [-0.15, -0.1) is 11.8 Å². The van der Waals surface area contributed by atoms with Crippen molar-refractivity contribution in [3.63, 3.8) is 0 Å². The summed E-state index contributed by atoms with van der Waals surface area (Å²) in [5.41, 5.74) is 0.344. The molecule has 0 bridgehead atoms. The molecule has 2 aromatic rings. The van der Waals surface area contributed by atoms with Gasteiger partial charge in [-0.05, 0) is 56.7 Å². The maximum atomic E-state index is 11.7. The lowest BCUT2D eigenvalue weighted by molar-refractivity contribution is 0.0520. The first-order chi connectivity index (χ1) is 13.6.